The van der Waals surface area contributed by atoms with E-state index in [-0.39, 0.29) is 21.8 Å². The highest BCUT2D eigenvalue weighted by Gasteiger charge is 2.18. The number of carbonyl (C=O) groups excluding carboxylic acids is 2. The van der Waals surface area contributed by atoms with E-state index < -0.39 is 28.5 Å². The molecule has 172 valence electrons. The van der Waals surface area contributed by atoms with E-state index in [2.05, 4.69) is 0 Å². The highest BCUT2D eigenvalue weighted by Crippen LogP contribution is 2.28. The molecule has 9 heteroatoms. The Hall–Kier alpha value is -3.85. The van der Waals surface area contributed by atoms with Crippen molar-refractivity contribution in [2.24, 2.45) is 0 Å². The Balaban J connectivity index is 1.61. The second-order valence-electron chi connectivity index (χ2n) is 6.94. The molecule has 0 fully saturated rings. The molecule has 0 atom stereocenters. The maximum absolute atomic E-state index is 12.4. The third-order valence-corrected chi connectivity index (χ3v) is 5.91. The fourth-order valence-electron chi connectivity index (χ4n) is 2.84. The number of carbonyl (C=O) groups is 2. The molecule has 0 N–H and O–H groups in total. The third-order valence-electron chi connectivity index (χ3n) is 4.65. The molecule has 0 saturated carbocycles. The maximum Gasteiger partial charge on any atom is 0.339 e. The van der Waals surface area contributed by atoms with Gasteiger partial charge in [0.25, 0.3) is 0 Å². The number of hydrogen-bond acceptors (Lipinski definition) is 8. The highest BCUT2D eigenvalue weighted by atomic mass is 32.2. The van der Waals surface area contributed by atoms with Gasteiger partial charge in [0, 0.05) is 5.56 Å². The van der Waals surface area contributed by atoms with E-state index in [9.17, 15) is 18.0 Å². The molecule has 0 saturated heterocycles. The Morgan fingerprint density at radius 3 is 2.00 bits per heavy atom. The van der Waals surface area contributed by atoms with Gasteiger partial charge in [0.2, 0.25) is 0 Å². The lowest BCUT2D eigenvalue weighted by Gasteiger charge is -2.10. The normalized spacial score (nSPS) is 10.9. The van der Waals surface area contributed by atoms with Gasteiger partial charge >= 0.3 is 16.1 Å². The predicted octanol–water partition coefficient (Wildman–Crippen LogP) is 3.82. The van der Waals surface area contributed by atoms with E-state index in [0.717, 1.165) is 5.56 Å². The van der Waals surface area contributed by atoms with E-state index in [1.165, 1.54) is 62.8 Å². The zero-order chi connectivity index (χ0) is 24.0. The van der Waals surface area contributed by atoms with Crippen molar-refractivity contribution >= 4 is 21.9 Å². The summed E-state index contributed by atoms with van der Waals surface area (Å²) in [4.78, 5) is 24.7. The van der Waals surface area contributed by atoms with E-state index in [1.54, 1.807) is 18.2 Å². The van der Waals surface area contributed by atoms with Crippen molar-refractivity contribution < 1.29 is 36.4 Å². The molecule has 0 aliphatic rings. The van der Waals surface area contributed by atoms with Crippen molar-refractivity contribution in [2.75, 3.05) is 20.8 Å². The van der Waals surface area contributed by atoms with Crippen LogP contribution in [0.2, 0.25) is 0 Å². The Morgan fingerprint density at radius 2 is 1.39 bits per heavy atom. The lowest BCUT2D eigenvalue weighted by Crippen LogP contribution is -2.14. The van der Waals surface area contributed by atoms with E-state index in [1.807, 2.05) is 6.92 Å². The van der Waals surface area contributed by atoms with Crippen molar-refractivity contribution in [1.29, 1.82) is 0 Å². The van der Waals surface area contributed by atoms with Crippen LogP contribution in [0.25, 0.3) is 0 Å². The monoisotopic (exact) mass is 470 g/mol. The number of ether oxygens (including phenoxy) is 3. The van der Waals surface area contributed by atoms with Gasteiger partial charge in [-0.2, -0.15) is 8.42 Å². The summed E-state index contributed by atoms with van der Waals surface area (Å²) >= 11 is 0. The predicted molar refractivity (Wildman–Crippen MR) is 120 cm³/mol. The number of aryl methyl sites for hydroxylation is 1. The number of rotatable bonds is 9. The molecule has 3 aromatic rings. The van der Waals surface area contributed by atoms with Crippen LogP contribution in [-0.4, -0.2) is 41.0 Å². The van der Waals surface area contributed by atoms with Crippen LogP contribution in [-0.2, 0) is 14.9 Å². The fraction of sp³-hybridized carbons (Fsp3) is 0.167. The molecule has 0 aliphatic heterocycles. The number of esters is 1. The van der Waals surface area contributed by atoms with Crippen LogP contribution in [0.3, 0.4) is 0 Å². The van der Waals surface area contributed by atoms with Crippen LogP contribution < -0.4 is 13.7 Å². The molecule has 33 heavy (non-hydrogen) atoms. The zero-order valence-electron chi connectivity index (χ0n) is 18.2. The number of Topliss-reactive ketones (excluding diaryl/α,β-unsaturated/α-hetero) is 1. The average Bonchev–Trinajstić information content (AvgIpc) is 2.82. The summed E-state index contributed by atoms with van der Waals surface area (Å²) in [5, 5.41) is 0. The van der Waals surface area contributed by atoms with Crippen LogP contribution in [0.1, 0.15) is 26.3 Å². The lowest BCUT2D eigenvalue weighted by atomic mass is 10.1. The fourth-order valence-corrected chi connectivity index (χ4v) is 3.77. The minimum Gasteiger partial charge on any atom is -0.493 e. The summed E-state index contributed by atoms with van der Waals surface area (Å²) in [6, 6.07) is 16.2. The molecule has 0 heterocycles. The lowest BCUT2D eigenvalue weighted by molar-refractivity contribution is 0.0474. The summed E-state index contributed by atoms with van der Waals surface area (Å²) in [5.41, 5.74) is 1.35. The molecule has 0 aromatic heterocycles. The van der Waals surface area contributed by atoms with Crippen LogP contribution in [0.5, 0.6) is 17.2 Å². The number of ketones is 1. The zero-order valence-corrected chi connectivity index (χ0v) is 19.0. The smallest absolute Gasteiger partial charge is 0.339 e. The second-order valence-corrected chi connectivity index (χ2v) is 8.49. The van der Waals surface area contributed by atoms with Gasteiger partial charge in [-0.3, -0.25) is 4.79 Å². The third kappa shape index (κ3) is 5.89. The Labute approximate surface area is 191 Å². The molecule has 0 amide bonds. The minimum atomic E-state index is -4.00. The van der Waals surface area contributed by atoms with Crippen LogP contribution in [0, 0.1) is 6.92 Å². The first-order valence-electron chi connectivity index (χ1n) is 9.77. The average molecular weight is 470 g/mol. The molecule has 0 unspecified atom stereocenters. The van der Waals surface area contributed by atoms with Crippen molar-refractivity contribution in [1.82, 2.24) is 0 Å². The van der Waals surface area contributed by atoms with Crippen LogP contribution in [0.15, 0.2) is 71.6 Å². The largest absolute Gasteiger partial charge is 0.493 e. The molecule has 0 bridgehead atoms. The van der Waals surface area contributed by atoms with Crippen molar-refractivity contribution in [3.63, 3.8) is 0 Å². The summed E-state index contributed by atoms with van der Waals surface area (Å²) in [6.45, 7) is 1.35. The first-order chi connectivity index (χ1) is 15.7. The number of benzene rings is 3. The van der Waals surface area contributed by atoms with Crippen molar-refractivity contribution in [3.05, 3.63) is 83.4 Å². The van der Waals surface area contributed by atoms with E-state index in [0.29, 0.717) is 11.5 Å². The first kappa shape index (κ1) is 23.8. The van der Waals surface area contributed by atoms with Gasteiger partial charge in [-0.1, -0.05) is 17.7 Å². The van der Waals surface area contributed by atoms with Gasteiger partial charge in [0.1, 0.15) is 10.6 Å². The quantitative estimate of drug-likeness (QED) is 0.264. The molecule has 3 aromatic carbocycles. The Bertz CT molecular complexity index is 1250. The Kier molecular flexibility index (Phi) is 7.34. The SMILES string of the molecule is COc1ccc(C(=O)OCC(=O)c2ccc(OS(=O)(=O)c3ccc(C)cc3)cc2)cc1OC. The maximum atomic E-state index is 12.4. The van der Waals surface area contributed by atoms with Gasteiger partial charge in [-0.05, 0) is 61.5 Å². The van der Waals surface area contributed by atoms with Gasteiger partial charge in [0.15, 0.2) is 23.9 Å². The van der Waals surface area contributed by atoms with Crippen LogP contribution in [0.4, 0.5) is 0 Å². The van der Waals surface area contributed by atoms with Gasteiger partial charge < -0.3 is 18.4 Å². The summed E-state index contributed by atoms with van der Waals surface area (Å²) in [7, 11) is -1.08. The topological polar surface area (TPSA) is 105 Å². The first-order valence-corrected chi connectivity index (χ1v) is 11.2. The summed E-state index contributed by atoms with van der Waals surface area (Å²) in [5.74, 6) is -0.300. The molecular weight excluding hydrogens is 448 g/mol. The van der Waals surface area contributed by atoms with E-state index >= 15 is 0 Å². The number of methoxy groups -OCH3 is 2. The van der Waals surface area contributed by atoms with Gasteiger partial charge in [0.05, 0.1) is 19.8 Å². The van der Waals surface area contributed by atoms with E-state index in [4.69, 9.17) is 18.4 Å². The molecule has 8 nitrogen and oxygen atoms in total. The standard InChI is InChI=1S/C24H22O8S/c1-16-4-11-20(12-5-16)33(27,28)32-19-9-6-17(7-10-19)21(25)15-31-24(26)18-8-13-22(29-2)23(14-18)30-3/h4-14H,15H2,1-3H3. The van der Waals surface area contributed by atoms with Gasteiger partial charge in [-0.15, -0.1) is 0 Å². The minimum absolute atomic E-state index is 0.0235. The highest BCUT2D eigenvalue weighted by molar-refractivity contribution is 7.87. The molecule has 0 radical (unpaired) electrons. The molecule has 0 aliphatic carbocycles. The summed E-state index contributed by atoms with van der Waals surface area (Å²) in [6.07, 6.45) is 0. The summed E-state index contributed by atoms with van der Waals surface area (Å²) < 4.78 is 45.2. The second kappa shape index (κ2) is 10.2. The molecule has 3 rings (SSSR count). The van der Waals surface area contributed by atoms with Crippen LogP contribution >= 0.6 is 0 Å². The van der Waals surface area contributed by atoms with Crippen molar-refractivity contribution in [3.8, 4) is 17.2 Å². The Morgan fingerprint density at radius 1 is 0.788 bits per heavy atom. The number of hydrogen-bond donors (Lipinski definition) is 0. The van der Waals surface area contributed by atoms with Crippen molar-refractivity contribution in [2.45, 2.75) is 11.8 Å². The molecular formula is C24H22O8S. The van der Waals surface area contributed by atoms with Gasteiger partial charge in [-0.25, -0.2) is 4.79 Å². The molecule has 0 spiro atoms.